The zero-order chi connectivity index (χ0) is 12.6. The number of aliphatic hydroxyl groups excluding tert-OH is 3. The summed E-state index contributed by atoms with van der Waals surface area (Å²) in [4.78, 5) is 20.3. The normalized spacial score (nSPS) is 41.0. The third-order valence-corrected chi connectivity index (χ3v) is 2.56. The van der Waals surface area contributed by atoms with Crippen molar-refractivity contribution in [2.45, 2.75) is 24.1 Å². The van der Waals surface area contributed by atoms with Gasteiger partial charge in [-0.2, -0.15) is 0 Å². The Labute approximate surface area is 90.1 Å². The molecule has 0 aromatic rings. The highest BCUT2D eigenvalue weighted by Crippen LogP contribution is 2.31. The molecule has 1 aliphatic rings. The molecular weight excluding hydrogens is 247 g/mol. The maximum atomic E-state index is 10.2. The second-order valence-corrected chi connectivity index (χ2v) is 4.53. The van der Waals surface area contributed by atoms with Gasteiger partial charge in [0.25, 0.3) is 0 Å². The number of rotatable bonds is 3. The molecule has 0 saturated carbocycles. The van der Waals surface area contributed by atoms with Crippen LogP contribution < -0.4 is 9.79 Å². The van der Waals surface area contributed by atoms with E-state index < -0.39 is 45.1 Å². The van der Waals surface area contributed by atoms with Gasteiger partial charge in [0.05, 0.1) is 14.4 Å². The number of aliphatic hydroxyl groups is 4. The van der Waals surface area contributed by atoms with Crippen molar-refractivity contribution < 1.29 is 44.0 Å². The van der Waals surface area contributed by atoms with Crippen LogP contribution in [0.1, 0.15) is 0 Å². The number of hydrogen-bond donors (Lipinski definition) is 4. The predicted octanol–water partition coefficient (Wildman–Crippen LogP) is -4.37. The maximum absolute atomic E-state index is 10.2. The van der Waals surface area contributed by atoms with Crippen LogP contribution in [0.4, 0.5) is 0 Å². The minimum atomic E-state index is -5.33. The van der Waals surface area contributed by atoms with E-state index in [9.17, 15) is 29.7 Å². The van der Waals surface area contributed by atoms with Gasteiger partial charge < -0.3 is 44.0 Å². The highest BCUT2D eigenvalue weighted by atomic mass is 31.2. The minimum Gasteiger partial charge on any atom is -0.790 e. The molecule has 10 heteroatoms. The third-order valence-electron chi connectivity index (χ3n) is 2.11. The summed E-state index contributed by atoms with van der Waals surface area (Å²) in [5.74, 6) is -2.55. The molecule has 1 saturated heterocycles. The Morgan fingerprint density at radius 3 is 2.50 bits per heavy atom. The van der Waals surface area contributed by atoms with E-state index >= 15 is 0 Å². The first-order valence-electron chi connectivity index (χ1n) is 4.23. The monoisotopic (exact) mass is 258 g/mol. The molecule has 1 heterocycles. The molecule has 0 amide bonds. The van der Waals surface area contributed by atoms with Crippen molar-refractivity contribution in [1.29, 1.82) is 0 Å². The lowest BCUT2D eigenvalue weighted by molar-refractivity contribution is -0.363. The first kappa shape index (κ1) is 14.0. The van der Waals surface area contributed by atoms with Crippen LogP contribution in [-0.4, -0.2) is 57.7 Å². The van der Waals surface area contributed by atoms with Gasteiger partial charge in [-0.05, 0) is 0 Å². The Morgan fingerprint density at radius 1 is 1.44 bits per heavy atom. The zero-order valence-corrected chi connectivity index (χ0v) is 8.82. The van der Waals surface area contributed by atoms with Crippen LogP contribution >= 0.6 is 7.82 Å². The standard InChI is InChI=1S/C6H13O9P/c7-3-1-14-6(10,5(9)4(3)8)2-15-16(11,12)13/h3-5,7-10H,1-2H2,(H2,11,12,13)/p-2/t3-,4-,5+,6?/m1/s1. The van der Waals surface area contributed by atoms with Gasteiger partial charge in [0.1, 0.15) is 24.9 Å². The Balaban J connectivity index is 2.66. The lowest BCUT2D eigenvalue weighted by Gasteiger charge is -2.43. The van der Waals surface area contributed by atoms with Gasteiger partial charge in [0.15, 0.2) is 0 Å². The van der Waals surface area contributed by atoms with Crippen LogP contribution in [0.3, 0.4) is 0 Å². The van der Waals surface area contributed by atoms with Gasteiger partial charge in [0, 0.05) is 0 Å². The summed E-state index contributed by atoms with van der Waals surface area (Å²) in [6, 6.07) is 0. The van der Waals surface area contributed by atoms with Crippen molar-refractivity contribution >= 4 is 7.82 Å². The van der Waals surface area contributed by atoms with Crippen molar-refractivity contribution in [2.24, 2.45) is 0 Å². The highest BCUT2D eigenvalue weighted by Gasteiger charge is 2.48. The average Bonchev–Trinajstić information content (AvgIpc) is 2.18. The van der Waals surface area contributed by atoms with Crippen LogP contribution in [0.15, 0.2) is 0 Å². The molecule has 1 unspecified atom stereocenters. The van der Waals surface area contributed by atoms with Crippen LogP contribution in [0.2, 0.25) is 0 Å². The summed E-state index contributed by atoms with van der Waals surface area (Å²) in [5, 5.41) is 37.1. The summed E-state index contributed by atoms with van der Waals surface area (Å²) < 4.78 is 18.4. The quantitative estimate of drug-likeness (QED) is 0.366. The van der Waals surface area contributed by atoms with Crippen molar-refractivity contribution in [3.63, 3.8) is 0 Å². The smallest absolute Gasteiger partial charge is 0.219 e. The van der Waals surface area contributed by atoms with E-state index in [2.05, 4.69) is 9.26 Å². The number of phosphoric ester groups is 1. The van der Waals surface area contributed by atoms with Crippen LogP contribution in [-0.2, 0) is 13.8 Å². The second kappa shape index (κ2) is 4.65. The topological polar surface area (TPSA) is 163 Å². The van der Waals surface area contributed by atoms with Gasteiger partial charge in [-0.25, -0.2) is 0 Å². The highest BCUT2D eigenvalue weighted by molar-refractivity contribution is 7.43. The van der Waals surface area contributed by atoms with Crippen molar-refractivity contribution in [3.8, 4) is 0 Å². The Morgan fingerprint density at radius 2 is 2.00 bits per heavy atom. The summed E-state index contributed by atoms with van der Waals surface area (Å²) in [5.41, 5.74) is 0. The van der Waals surface area contributed by atoms with Crippen molar-refractivity contribution in [1.82, 2.24) is 0 Å². The summed E-state index contributed by atoms with van der Waals surface area (Å²) in [6.07, 6.45) is -5.16. The van der Waals surface area contributed by atoms with Crippen LogP contribution in [0.25, 0.3) is 0 Å². The fourth-order valence-electron chi connectivity index (χ4n) is 1.19. The van der Waals surface area contributed by atoms with E-state index in [1.54, 1.807) is 0 Å². The third kappa shape index (κ3) is 3.20. The molecule has 4 N–H and O–H groups in total. The SMILES string of the molecule is O=P([O-])([O-])OCC1(O)OC[C@@H](O)[C@@H](O)[C@@H]1O. The molecule has 0 bridgehead atoms. The van der Waals surface area contributed by atoms with E-state index in [1.165, 1.54) is 0 Å². The molecule has 96 valence electrons. The number of hydrogen-bond acceptors (Lipinski definition) is 9. The van der Waals surface area contributed by atoms with Crippen LogP contribution in [0.5, 0.6) is 0 Å². The van der Waals surface area contributed by atoms with Crippen molar-refractivity contribution in [2.75, 3.05) is 13.2 Å². The average molecular weight is 258 g/mol. The maximum Gasteiger partial charge on any atom is 0.219 e. The zero-order valence-electron chi connectivity index (χ0n) is 7.92. The van der Waals surface area contributed by atoms with Crippen LogP contribution in [0, 0.1) is 0 Å². The molecule has 0 aromatic carbocycles. The molecule has 9 nitrogen and oxygen atoms in total. The van der Waals surface area contributed by atoms with Crippen molar-refractivity contribution in [3.05, 3.63) is 0 Å². The van der Waals surface area contributed by atoms with E-state index in [-0.39, 0.29) is 0 Å². The Bertz CT molecular complexity index is 290. The minimum absolute atomic E-state index is 0.542. The van der Waals surface area contributed by atoms with Gasteiger partial charge in [-0.1, -0.05) is 0 Å². The predicted molar refractivity (Wildman–Crippen MR) is 42.5 cm³/mol. The lowest BCUT2D eigenvalue weighted by atomic mass is 9.98. The summed E-state index contributed by atoms with van der Waals surface area (Å²) in [7, 11) is -5.33. The van der Waals surface area contributed by atoms with E-state index in [0.29, 0.717) is 0 Å². The Hall–Kier alpha value is -0.0900. The van der Waals surface area contributed by atoms with Gasteiger partial charge >= 0.3 is 0 Å². The second-order valence-electron chi connectivity index (χ2n) is 3.38. The van der Waals surface area contributed by atoms with E-state index in [4.69, 9.17) is 5.11 Å². The van der Waals surface area contributed by atoms with E-state index in [1.807, 2.05) is 0 Å². The molecule has 0 radical (unpaired) electrons. The summed E-state index contributed by atoms with van der Waals surface area (Å²) >= 11 is 0. The lowest BCUT2D eigenvalue weighted by Crippen LogP contribution is -2.62. The molecule has 0 aromatic heterocycles. The molecule has 0 spiro atoms. The molecular formula is C6H11O9P-2. The van der Waals surface area contributed by atoms with Gasteiger partial charge in [-0.15, -0.1) is 0 Å². The molecule has 16 heavy (non-hydrogen) atoms. The van der Waals surface area contributed by atoms with E-state index in [0.717, 1.165) is 0 Å². The first-order chi connectivity index (χ1) is 7.16. The summed E-state index contributed by atoms with van der Waals surface area (Å²) in [6.45, 7) is -1.71. The van der Waals surface area contributed by atoms with Gasteiger partial charge in [-0.3, -0.25) is 0 Å². The molecule has 0 aliphatic carbocycles. The Kier molecular flexibility index (Phi) is 4.06. The molecule has 1 aliphatic heterocycles. The molecule has 4 atom stereocenters. The molecule has 1 fully saturated rings. The van der Waals surface area contributed by atoms with Gasteiger partial charge in [0.2, 0.25) is 5.79 Å². The fourth-order valence-corrected chi connectivity index (χ4v) is 1.53. The first-order valence-corrected chi connectivity index (χ1v) is 5.69. The largest absolute Gasteiger partial charge is 0.790 e. The fraction of sp³-hybridized carbons (Fsp3) is 1.00. The number of ether oxygens (including phenoxy) is 1. The number of phosphoric acid groups is 1. The molecule has 1 rings (SSSR count).